The average molecular weight is 410 g/mol. The zero-order chi connectivity index (χ0) is 20.7. The van der Waals surface area contributed by atoms with E-state index >= 15 is 0 Å². The van der Waals surface area contributed by atoms with Gasteiger partial charge in [-0.05, 0) is 30.3 Å². The Morgan fingerprint density at radius 1 is 1.04 bits per heavy atom. The van der Waals surface area contributed by atoms with Crippen molar-refractivity contribution >= 4 is 29.2 Å². The number of halogens is 2. The number of para-hydroxylation sites is 1. The molecule has 0 N–H and O–H groups in total. The second kappa shape index (κ2) is 10.2. The fourth-order valence-corrected chi connectivity index (χ4v) is 2.97. The molecule has 1 amide bonds. The van der Waals surface area contributed by atoms with E-state index in [1.54, 1.807) is 18.2 Å². The van der Waals surface area contributed by atoms with Crippen LogP contribution in [0, 0.1) is 5.82 Å². The molecule has 150 valence electrons. The third-order valence-electron chi connectivity index (χ3n) is 4.03. The molecule has 2 aromatic rings. The number of rotatable bonds is 8. The van der Waals surface area contributed by atoms with Crippen molar-refractivity contribution in [1.29, 1.82) is 0 Å². The van der Waals surface area contributed by atoms with E-state index in [4.69, 9.17) is 25.8 Å². The van der Waals surface area contributed by atoms with Crippen molar-refractivity contribution < 1.29 is 28.2 Å². The summed E-state index contributed by atoms with van der Waals surface area (Å²) in [7, 11) is 4.19. The lowest BCUT2D eigenvalue weighted by Crippen LogP contribution is -2.46. The van der Waals surface area contributed by atoms with Crippen LogP contribution < -0.4 is 4.90 Å². The summed E-state index contributed by atoms with van der Waals surface area (Å²) in [5, 5.41) is 0.167. The molecule has 8 heteroatoms. The summed E-state index contributed by atoms with van der Waals surface area (Å²) < 4.78 is 29.7. The molecule has 0 spiro atoms. The fraction of sp³-hybridized carbons (Fsp3) is 0.300. The predicted octanol–water partition coefficient (Wildman–Crippen LogP) is 3.57. The lowest BCUT2D eigenvalue weighted by Gasteiger charge is -2.32. The number of ether oxygens (including phenoxy) is 3. The lowest BCUT2D eigenvalue weighted by molar-refractivity contribution is 0.0600. The van der Waals surface area contributed by atoms with Crippen molar-refractivity contribution in [2.45, 2.75) is 6.04 Å². The first-order chi connectivity index (χ1) is 13.4. The van der Waals surface area contributed by atoms with Gasteiger partial charge in [-0.1, -0.05) is 23.7 Å². The summed E-state index contributed by atoms with van der Waals surface area (Å²) >= 11 is 5.80. The Bertz CT molecular complexity index is 839. The van der Waals surface area contributed by atoms with Gasteiger partial charge in [0.1, 0.15) is 5.82 Å². The summed E-state index contributed by atoms with van der Waals surface area (Å²) in [4.78, 5) is 26.8. The van der Waals surface area contributed by atoms with Gasteiger partial charge in [0.05, 0.1) is 43.2 Å². The highest BCUT2D eigenvalue weighted by molar-refractivity contribution is 6.30. The molecule has 0 saturated carbocycles. The van der Waals surface area contributed by atoms with Gasteiger partial charge in [-0.3, -0.25) is 9.69 Å². The first-order valence-electron chi connectivity index (χ1n) is 8.38. The van der Waals surface area contributed by atoms with Gasteiger partial charge in [0, 0.05) is 19.2 Å². The second-order valence-corrected chi connectivity index (χ2v) is 6.31. The third-order valence-corrected chi connectivity index (χ3v) is 4.27. The highest BCUT2D eigenvalue weighted by Crippen LogP contribution is 2.27. The first kappa shape index (κ1) is 21.8. The van der Waals surface area contributed by atoms with Gasteiger partial charge in [0.2, 0.25) is 0 Å². The molecule has 0 fully saturated rings. The van der Waals surface area contributed by atoms with Crippen LogP contribution in [-0.2, 0) is 14.2 Å². The number of hydrogen-bond acceptors (Lipinski definition) is 5. The molecule has 0 aliphatic carbocycles. The normalized spacial score (nSPS) is 10.8. The maximum atomic E-state index is 14.5. The smallest absolute Gasteiger partial charge is 0.339 e. The highest BCUT2D eigenvalue weighted by Gasteiger charge is 2.31. The maximum Gasteiger partial charge on any atom is 0.339 e. The van der Waals surface area contributed by atoms with Crippen LogP contribution in [0.2, 0.25) is 5.02 Å². The monoisotopic (exact) mass is 409 g/mol. The summed E-state index contributed by atoms with van der Waals surface area (Å²) in [5.41, 5.74) is 0.221. The number of amides is 1. The Morgan fingerprint density at radius 2 is 1.68 bits per heavy atom. The molecule has 0 heterocycles. The molecule has 0 aliphatic rings. The molecule has 0 atom stereocenters. The van der Waals surface area contributed by atoms with Gasteiger partial charge in [-0.15, -0.1) is 0 Å². The Balaban J connectivity index is 2.64. The highest BCUT2D eigenvalue weighted by atomic mass is 35.5. The molecule has 0 bridgehead atoms. The summed E-state index contributed by atoms with van der Waals surface area (Å²) in [6.45, 7) is 0.203. The minimum atomic E-state index is -0.772. The van der Waals surface area contributed by atoms with E-state index in [0.29, 0.717) is 0 Å². The molecule has 2 rings (SSSR count). The Labute approximate surface area is 167 Å². The van der Waals surface area contributed by atoms with Crippen LogP contribution in [0.15, 0.2) is 42.5 Å². The minimum Gasteiger partial charge on any atom is -0.465 e. The Kier molecular flexibility index (Phi) is 7.92. The number of benzene rings is 2. The van der Waals surface area contributed by atoms with Crippen LogP contribution in [0.25, 0.3) is 0 Å². The zero-order valence-corrected chi connectivity index (χ0v) is 16.5. The molecule has 6 nitrogen and oxygen atoms in total. The van der Waals surface area contributed by atoms with E-state index in [-0.39, 0.29) is 35.1 Å². The topological polar surface area (TPSA) is 65.1 Å². The van der Waals surface area contributed by atoms with Crippen LogP contribution in [0.5, 0.6) is 0 Å². The number of carbonyl (C=O) groups is 2. The summed E-state index contributed by atoms with van der Waals surface area (Å²) in [6.07, 6.45) is 0. The molecule has 28 heavy (non-hydrogen) atoms. The van der Waals surface area contributed by atoms with Crippen molar-refractivity contribution in [3.8, 4) is 0 Å². The van der Waals surface area contributed by atoms with Crippen molar-refractivity contribution in [3.63, 3.8) is 0 Å². The van der Waals surface area contributed by atoms with E-state index in [1.165, 1.54) is 44.4 Å². The fourth-order valence-electron chi connectivity index (χ4n) is 2.81. The third kappa shape index (κ3) is 4.86. The molecule has 0 radical (unpaired) electrons. The Hall–Kier alpha value is -2.48. The number of hydrogen-bond donors (Lipinski definition) is 0. The van der Waals surface area contributed by atoms with Crippen molar-refractivity contribution in [1.82, 2.24) is 0 Å². The second-order valence-electron chi connectivity index (χ2n) is 5.87. The molecule has 0 unspecified atom stereocenters. The Morgan fingerprint density at radius 3 is 2.25 bits per heavy atom. The van der Waals surface area contributed by atoms with E-state index in [0.717, 1.165) is 6.07 Å². The van der Waals surface area contributed by atoms with Crippen molar-refractivity contribution in [2.75, 3.05) is 39.4 Å². The number of anilines is 1. The van der Waals surface area contributed by atoms with E-state index < -0.39 is 23.7 Å². The van der Waals surface area contributed by atoms with Gasteiger partial charge in [-0.2, -0.15) is 0 Å². The van der Waals surface area contributed by atoms with Gasteiger partial charge < -0.3 is 14.2 Å². The van der Waals surface area contributed by atoms with Crippen LogP contribution in [0.3, 0.4) is 0 Å². The van der Waals surface area contributed by atoms with Gasteiger partial charge in [0.15, 0.2) is 0 Å². The van der Waals surface area contributed by atoms with Gasteiger partial charge >= 0.3 is 5.97 Å². The SMILES string of the molecule is COCC(COC)N(C(=O)c1ccc(Cl)cc1F)c1ccccc1C(=O)OC. The van der Waals surface area contributed by atoms with E-state index in [9.17, 15) is 14.0 Å². The first-order valence-corrected chi connectivity index (χ1v) is 8.76. The summed E-state index contributed by atoms with van der Waals surface area (Å²) in [6, 6.07) is 9.56. The van der Waals surface area contributed by atoms with Crippen molar-refractivity contribution in [2.24, 2.45) is 0 Å². The molecule has 0 aliphatic heterocycles. The van der Waals surface area contributed by atoms with Crippen LogP contribution in [0.4, 0.5) is 10.1 Å². The number of carbonyl (C=O) groups excluding carboxylic acids is 2. The molecular weight excluding hydrogens is 389 g/mol. The molecule has 0 aromatic heterocycles. The number of nitrogens with zero attached hydrogens (tertiary/aromatic N) is 1. The van der Waals surface area contributed by atoms with Gasteiger partial charge in [-0.25, -0.2) is 9.18 Å². The predicted molar refractivity (Wildman–Crippen MR) is 104 cm³/mol. The van der Waals surface area contributed by atoms with E-state index in [1.807, 2.05) is 0 Å². The molecule has 2 aromatic carbocycles. The van der Waals surface area contributed by atoms with Gasteiger partial charge in [0.25, 0.3) is 5.91 Å². The standard InChI is InChI=1S/C20H21ClFNO5/c1-26-11-14(12-27-2)23(18-7-5-4-6-16(18)20(25)28-3)19(24)15-9-8-13(21)10-17(15)22/h4-10,14H,11-12H2,1-3H3. The van der Waals surface area contributed by atoms with Crippen LogP contribution >= 0.6 is 11.6 Å². The lowest BCUT2D eigenvalue weighted by atomic mass is 10.1. The van der Waals surface area contributed by atoms with Crippen LogP contribution in [0.1, 0.15) is 20.7 Å². The van der Waals surface area contributed by atoms with Crippen LogP contribution in [-0.4, -0.2) is 52.5 Å². The summed E-state index contributed by atoms with van der Waals surface area (Å²) in [5.74, 6) is -2.06. The quantitative estimate of drug-likeness (QED) is 0.623. The zero-order valence-electron chi connectivity index (χ0n) is 15.8. The van der Waals surface area contributed by atoms with Crippen molar-refractivity contribution in [3.05, 3.63) is 64.4 Å². The minimum absolute atomic E-state index is 0.101. The largest absolute Gasteiger partial charge is 0.465 e. The average Bonchev–Trinajstić information content (AvgIpc) is 2.68. The molecular formula is C20H21ClFNO5. The maximum absolute atomic E-state index is 14.5. The molecule has 0 saturated heterocycles. The number of methoxy groups -OCH3 is 3. The van der Waals surface area contributed by atoms with E-state index in [2.05, 4.69) is 0 Å². The number of esters is 1.